The van der Waals surface area contributed by atoms with Crippen LogP contribution in [0.15, 0.2) is 0 Å². The number of hydrogen-bond acceptors (Lipinski definition) is 1. The molecule has 0 aliphatic heterocycles. The van der Waals surface area contributed by atoms with Gasteiger partial charge in [-0.15, -0.1) is 0 Å². The zero-order chi connectivity index (χ0) is 3.41. The van der Waals surface area contributed by atoms with E-state index in [4.69, 9.17) is 4.79 Å². The van der Waals surface area contributed by atoms with Crippen molar-refractivity contribution in [1.82, 2.24) is 5.32 Å². The van der Waals surface area contributed by atoms with Crippen LogP contribution in [0.2, 0.25) is 0 Å². The van der Waals surface area contributed by atoms with Gasteiger partial charge in [0.2, 0.25) is 6.41 Å². The summed E-state index contributed by atoms with van der Waals surface area (Å²) >= 11 is 0. The van der Waals surface area contributed by atoms with Gasteiger partial charge in [0.1, 0.15) is 0 Å². The van der Waals surface area contributed by atoms with Crippen LogP contribution >= 0.6 is 0 Å². The standard InChI is InChI=1S/C2H3NO/c1-3-2-4/h1-2H,(H,3,4). The lowest BCUT2D eigenvalue weighted by molar-refractivity contribution is -0.108. The molecule has 1 N–H and O–H groups in total. The number of carbonyl (C=O) groups is 1. The van der Waals surface area contributed by atoms with E-state index in [0.717, 1.165) is 0 Å². The fourth-order valence-electron chi connectivity index (χ4n) is 0. The van der Waals surface area contributed by atoms with Gasteiger partial charge in [0, 0.05) is 0 Å². The molecule has 0 aliphatic rings. The highest BCUT2D eigenvalue weighted by molar-refractivity contribution is 5.45. The molecule has 0 heterocycles. The van der Waals surface area contributed by atoms with Crippen molar-refractivity contribution >= 4 is 6.41 Å². The zero-order valence-corrected chi connectivity index (χ0v) is 2.06. The third-order valence-electron chi connectivity index (χ3n) is 0.0680. The molecule has 0 saturated heterocycles. The van der Waals surface area contributed by atoms with Crippen LogP contribution < -0.4 is 5.32 Å². The van der Waals surface area contributed by atoms with Crippen LogP contribution in [0.25, 0.3) is 0 Å². The van der Waals surface area contributed by atoms with Gasteiger partial charge in [-0.2, -0.15) is 0 Å². The molecule has 2 heteroatoms. The fourth-order valence-corrected chi connectivity index (χ4v) is 0. The van der Waals surface area contributed by atoms with Crippen LogP contribution in [0.3, 0.4) is 0 Å². The second-order valence-corrected chi connectivity index (χ2v) is 0.285. The molecule has 2 nitrogen and oxygen atoms in total. The lowest BCUT2D eigenvalue weighted by atomic mass is 11.2. The average Bonchev–Trinajstić information content (AvgIpc) is 1.37. The Hall–Kier alpha value is -0.530. The predicted molar refractivity (Wildman–Crippen MR) is 13.5 cm³/mol. The Balaban J connectivity index is 2.30. The largest absolute Gasteiger partial charge is 0.352 e. The van der Waals surface area contributed by atoms with Crippen LogP contribution in [0, 0.1) is 7.05 Å². The van der Waals surface area contributed by atoms with E-state index in [1.54, 1.807) is 5.32 Å². The Morgan fingerprint density at radius 3 is 2.25 bits per heavy atom. The summed E-state index contributed by atoms with van der Waals surface area (Å²) in [6, 6.07) is 0. The summed E-state index contributed by atoms with van der Waals surface area (Å²) in [5.74, 6) is 0. The van der Waals surface area contributed by atoms with Crippen molar-refractivity contribution in [2.24, 2.45) is 0 Å². The number of amides is 1. The van der Waals surface area contributed by atoms with E-state index in [1.165, 1.54) is 0 Å². The summed E-state index contributed by atoms with van der Waals surface area (Å²) in [5.41, 5.74) is 0. The van der Waals surface area contributed by atoms with Crippen LogP contribution in [0.4, 0.5) is 0 Å². The molecule has 0 aliphatic carbocycles. The normalized spacial score (nSPS) is 5.25. The van der Waals surface area contributed by atoms with E-state index in [2.05, 4.69) is 7.05 Å². The molecular weight excluding hydrogens is 54.0 g/mol. The third-order valence-corrected chi connectivity index (χ3v) is 0.0680. The topological polar surface area (TPSA) is 29.1 Å². The Bertz CT molecular complexity index is 20.0. The van der Waals surface area contributed by atoms with E-state index in [9.17, 15) is 0 Å². The molecule has 0 aromatic carbocycles. The van der Waals surface area contributed by atoms with Crippen molar-refractivity contribution in [1.29, 1.82) is 0 Å². The molecule has 0 unspecified atom stereocenters. The first-order valence-corrected chi connectivity index (χ1v) is 0.813. The minimum absolute atomic E-state index is 0.403. The maximum absolute atomic E-state index is 8.94. The Labute approximate surface area is 24.8 Å². The van der Waals surface area contributed by atoms with Crippen molar-refractivity contribution in [3.63, 3.8) is 0 Å². The molecule has 1 amide bonds. The second-order valence-electron chi connectivity index (χ2n) is 0.285. The number of hydrogen-bond donors (Lipinski definition) is 1. The van der Waals surface area contributed by atoms with Gasteiger partial charge in [-0.1, -0.05) is 0 Å². The first-order chi connectivity index (χ1) is 1.91. The molecule has 2 radical (unpaired) electrons. The van der Waals surface area contributed by atoms with E-state index in [-0.39, 0.29) is 0 Å². The van der Waals surface area contributed by atoms with Crippen molar-refractivity contribution in [2.75, 3.05) is 0 Å². The van der Waals surface area contributed by atoms with E-state index in [1.807, 2.05) is 0 Å². The molecule has 0 rings (SSSR count). The third kappa shape index (κ3) is 1.47. The van der Waals surface area contributed by atoms with Crippen LogP contribution in [0.5, 0.6) is 0 Å². The highest BCUT2D eigenvalue weighted by Crippen LogP contribution is 1.16. The fraction of sp³-hybridized carbons (Fsp3) is 0. The molecule has 0 saturated carbocycles. The second kappa shape index (κ2) is 2.47. The summed E-state index contributed by atoms with van der Waals surface area (Å²) in [5, 5.41) is 1.75. The molecule has 4 heavy (non-hydrogen) atoms. The maximum Gasteiger partial charge on any atom is 0.207 e. The molecule has 0 bridgehead atoms. The van der Waals surface area contributed by atoms with Crippen molar-refractivity contribution in [2.45, 2.75) is 0 Å². The quantitative estimate of drug-likeness (QED) is 0.316. The van der Waals surface area contributed by atoms with Gasteiger partial charge in [-0.05, 0) is 0 Å². The summed E-state index contributed by atoms with van der Waals surface area (Å²) < 4.78 is 0. The first-order valence-electron chi connectivity index (χ1n) is 0.813. The van der Waals surface area contributed by atoms with Crippen molar-refractivity contribution in [3.8, 4) is 0 Å². The first kappa shape index (κ1) is 3.47. The Morgan fingerprint density at radius 2 is 2.25 bits per heavy atom. The minimum atomic E-state index is 0.403. The number of carbonyl (C=O) groups excluding carboxylic acids is 1. The van der Waals surface area contributed by atoms with E-state index >= 15 is 0 Å². The van der Waals surface area contributed by atoms with Crippen molar-refractivity contribution < 1.29 is 4.79 Å². The lowest BCUT2D eigenvalue weighted by Crippen LogP contribution is -1.93. The molecule has 22 valence electrons. The summed E-state index contributed by atoms with van der Waals surface area (Å²) in [4.78, 5) is 8.94. The summed E-state index contributed by atoms with van der Waals surface area (Å²) in [7, 11) is 4.41. The van der Waals surface area contributed by atoms with Gasteiger partial charge in [0.05, 0.1) is 7.05 Å². The molecular formula is C2H3NO. The SMILES string of the molecule is [CH]NC=O. The number of nitrogens with one attached hydrogen (secondary N) is 1. The lowest BCUT2D eigenvalue weighted by Gasteiger charge is -1.62. The molecule has 0 spiro atoms. The van der Waals surface area contributed by atoms with Gasteiger partial charge in [0.15, 0.2) is 0 Å². The van der Waals surface area contributed by atoms with Crippen LogP contribution in [-0.4, -0.2) is 6.41 Å². The summed E-state index contributed by atoms with van der Waals surface area (Å²) in [6.45, 7) is 0. The zero-order valence-electron chi connectivity index (χ0n) is 2.06. The molecule has 0 atom stereocenters. The monoisotopic (exact) mass is 57.0 g/mol. The predicted octanol–water partition coefficient (Wildman–Crippen LogP) is -0.599. The maximum atomic E-state index is 8.94. The molecule has 0 fully saturated rings. The Morgan fingerprint density at radius 1 is 2.00 bits per heavy atom. The van der Waals surface area contributed by atoms with Crippen molar-refractivity contribution in [3.05, 3.63) is 7.05 Å². The summed E-state index contributed by atoms with van der Waals surface area (Å²) in [6.07, 6.45) is 0.403. The number of rotatable bonds is 1. The van der Waals surface area contributed by atoms with Gasteiger partial charge in [-0.25, -0.2) is 0 Å². The van der Waals surface area contributed by atoms with Crippen LogP contribution in [0.1, 0.15) is 0 Å². The highest BCUT2D eigenvalue weighted by Gasteiger charge is 1.44. The minimum Gasteiger partial charge on any atom is -0.352 e. The van der Waals surface area contributed by atoms with Crippen LogP contribution in [-0.2, 0) is 4.79 Å². The van der Waals surface area contributed by atoms with Gasteiger partial charge >= 0.3 is 0 Å². The van der Waals surface area contributed by atoms with Gasteiger partial charge < -0.3 is 5.32 Å². The smallest absolute Gasteiger partial charge is 0.207 e. The van der Waals surface area contributed by atoms with E-state index < -0.39 is 0 Å². The molecule has 0 aromatic heterocycles. The van der Waals surface area contributed by atoms with E-state index in [0.29, 0.717) is 6.41 Å². The average molecular weight is 57.1 g/mol. The Kier molecular flexibility index (Phi) is 2.14. The van der Waals surface area contributed by atoms with Gasteiger partial charge in [0.25, 0.3) is 0 Å². The molecule has 0 aromatic rings. The van der Waals surface area contributed by atoms with Gasteiger partial charge in [-0.3, -0.25) is 4.79 Å². The highest BCUT2D eigenvalue weighted by atomic mass is 16.1.